The molecular weight excluding hydrogens is 739 g/mol. The van der Waals surface area contributed by atoms with Gasteiger partial charge in [0.15, 0.2) is 0 Å². The maximum Gasteiger partial charge on any atom is 0.262 e. The number of hydrogen-bond donors (Lipinski definition) is 2. The van der Waals surface area contributed by atoms with E-state index in [1.165, 1.54) is 5.57 Å². The van der Waals surface area contributed by atoms with Gasteiger partial charge in [0, 0.05) is 20.1 Å². The van der Waals surface area contributed by atoms with Crippen LogP contribution in [0.3, 0.4) is 0 Å². The number of piperidine rings is 1. The Morgan fingerprint density at radius 3 is 2.17 bits per heavy atom. The Hall–Kier alpha value is -6.11. The lowest BCUT2D eigenvalue weighted by atomic mass is 9.88. The second-order valence-corrected chi connectivity index (χ2v) is 14.2. The summed E-state index contributed by atoms with van der Waals surface area (Å²) in [7, 11) is 1.74. The fraction of sp³-hybridized carbons (Fsp3) is 0.326. The minimum atomic E-state index is -1.00. The lowest BCUT2D eigenvalue weighted by molar-refractivity contribution is -0.136. The lowest BCUT2D eigenvalue weighted by Gasteiger charge is -2.27. The summed E-state index contributed by atoms with van der Waals surface area (Å²) in [5, 5.41) is 12.1. The number of phenolic OH excluding ortho intramolecular Hbond substituents is 1. The molecule has 2 heterocycles. The van der Waals surface area contributed by atoms with Gasteiger partial charge in [-0.2, -0.15) is 0 Å². The predicted molar refractivity (Wildman–Crippen MR) is 218 cm³/mol. The Bertz CT molecular complexity index is 2130. The number of ether oxygens (including phenoxy) is 3. The molecular formula is C46H49N3O9. The standard InChI is InChI=1S/C46H49N3O9/c1-3-37(31-9-5-4-6-10-31)42(33-14-18-35(50)19-15-33)34-16-20-36(21-17-34)58-28-25-48(2)41(52)24-27-57-30-29-56-26-8-12-32-11-7-13-38-43(32)46(55)49(45(38)54)39-22-23-40(51)47-44(39)53/h4-7,9-11,13-21,39,50H,3,8,12,22-30H2,1-2H3,(H,47,51,53)/b42-37-. The van der Waals surface area contributed by atoms with E-state index in [1.807, 2.05) is 54.6 Å². The third-order valence-electron chi connectivity index (χ3n) is 10.3. The molecule has 1 fully saturated rings. The zero-order chi connectivity index (χ0) is 41.0. The number of benzene rings is 4. The van der Waals surface area contributed by atoms with Gasteiger partial charge in [0.05, 0.1) is 43.9 Å². The molecule has 0 aromatic heterocycles. The molecule has 2 N–H and O–H groups in total. The number of amides is 5. The Kier molecular flexibility index (Phi) is 14.2. The van der Waals surface area contributed by atoms with E-state index in [4.69, 9.17) is 14.2 Å². The zero-order valence-corrected chi connectivity index (χ0v) is 32.9. The second-order valence-electron chi connectivity index (χ2n) is 14.2. The number of nitrogens with zero attached hydrogens (tertiary/aromatic N) is 2. The number of carbonyl (C=O) groups is 5. The molecule has 1 saturated heterocycles. The monoisotopic (exact) mass is 787 g/mol. The van der Waals surface area contributed by atoms with Crippen LogP contribution in [0.1, 0.15) is 82.0 Å². The largest absolute Gasteiger partial charge is 0.508 e. The van der Waals surface area contributed by atoms with Crippen LogP contribution < -0.4 is 10.1 Å². The number of allylic oxidation sites excluding steroid dienone is 1. The molecule has 4 aromatic rings. The minimum absolute atomic E-state index is 0.0591. The van der Waals surface area contributed by atoms with E-state index in [9.17, 15) is 29.1 Å². The molecule has 6 rings (SSSR count). The number of rotatable bonds is 19. The Labute approximate surface area is 338 Å². The van der Waals surface area contributed by atoms with E-state index < -0.39 is 29.7 Å². The predicted octanol–water partition coefficient (Wildman–Crippen LogP) is 6.06. The van der Waals surface area contributed by atoms with E-state index in [1.54, 1.807) is 42.3 Å². The van der Waals surface area contributed by atoms with Gasteiger partial charge in [0.25, 0.3) is 11.8 Å². The lowest BCUT2D eigenvalue weighted by Crippen LogP contribution is -2.54. The maximum absolute atomic E-state index is 13.3. The molecule has 12 heteroatoms. The molecule has 4 aromatic carbocycles. The van der Waals surface area contributed by atoms with E-state index in [2.05, 4.69) is 24.4 Å². The molecule has 58 heavy (non-hydrogen) atoms. The van der Waals surface area contributed by atoms with Gasteiger partial charge in [-0.15, -0.1) is 0 Å². The van der Waals surface area contributed by atoms with E-state index in [0.29, 0.717) is 62.7 Å². The number of aromatic hydroxyl groups is 1. The van der Waals surface area contributed by atoms with E-state index >= 15 is 0 Å². The number of carbonyl (C=O) groups excluding carboxylic acids is 5. The first-order valence-electron chi connectivity index (χ1n) is 19.7. The van der Waals surface area contributed by atoms with Crippen LogP contribution in [0, 0.1) is 0 Å². The van der Waals surface area contributed by atoms with Gasteiger partial charge in [-0.05, 0) is 89.4 Å². The fourth-order valence-electron chi connectivity index (χ4n) is 7.28. The molecule has 302 valence electrons. The summed E-state index contributed by atoms with van der Waals surface area (Å²) in [6.07, 6.45) is 2.31. The molecule has 5 amide bonds. The number of phenols is 1. The Morgan fingerprint density at radius 2 is 1.48 bits per heavy atom. The van der Waals surface area contributed by atoms with Gasteiger partial charge >= 0.3 is 0 Å². The van der Waals surface area contributed by atoms with Gasteiger partial charge in [-0.3, -0.25) is 34.2 Å². The van der Waals surface area contributed by atoms with E-state index in [0.717, 1.165) is 33.6 Å². The summed E-state index contributed by atoms with van der Waals surface area (Å²) >= 11 is 0. The molecule has 0 aliphatic carbocycles. The molecule has 2 aliphatic heterocycles. The van der Waals surface area contributed by atoms with Crippen molar-refractivity contribution in [2.75, 3.05) is 46.6 Å². The van der Waals surface area contributed by atoms with Crippen LogP contribution in [0.15, 0.2) is 97.1 Å². The van der Waals surface area contributed by atoms with Crippen molar-refractivity contribution >= 4 is 40.7 Å². The molecule has 0 spiro atoms. The summed E-state index contributed by atoms with van der Waals surface area (Å²) in [4.78, 5) is 65.6. The second kappa shape index (κ2) is 19.8. The highest BCUT2D eigenvalue weighted by molar-refractivity contribution is 6.24. The summed E-state index contributed by atoms with van der Waals surface area (Å²) < 4.78 is 17.3. The first kappa shape index (κ1) is 41.5. The highest BCUT2D eigenvalue weighted by atomic mass is 16.5. The average Bonchev–Trinajstić information content (AvgIpc) is 3.49. The van der Waals surface area contributed by atoms with Crippen LogP contribution in [-0.2, 0) is 30.3 Å². The van der Waals surface area contributed by atoms with Crippen LogP contribution in [-0.4, -0.2) is 97.1 Å². The fourth-order valence-corrected chi connectivity index (χ4v) is 7.28. The topological polar surface area (TPSA) is 152 Å². The molecule has 0 bridgehead atoms. The summed E-state index contributed by atoms with van der Waals surface area (Å²) in [5.74, 6) is -1.23. The number of aryl methyl sites for hydroxylation is 1. The molecule has 0 saturated carbocycles. The molecule has 0 radical (unpaired) electrons. The smallest absolute Gasteiger partial charge is 0.262 e. The minimum Gasteiger partial charge on any atom is -0.508 e. The number of hydrogen-bond acceptors (Lipinski definition) is 9. The van der Waals surface area contributed by atoms with Crippen molar-refractivity contribution in [1.82, 2.24) is 15.1 Å². The van der Waals surface area contributed by atoms with Crippen LogP contribution in [0.5, 0.6) is 11.5 Å². The van der Waals surface area contributed by atoms with Crippen molar-refractivity contribution in [3.63, 3.8) is 0 Å². The first-order valence-corrected chi connectivity index (χ1v) is 19.7. The zero-order valence-electron chi connectivity index (χ0n) is 32.9. The third kappa shape index (κ3) is 10.1. The van der Waals surface area contributed by atoms with Gasteiger partial charge < -0.3 is 24.2 Å². The molecule has 2 aliphatic rings. The van der Waals surface area contributed by atoms with Crippen LogP contribution in [0.2, 0.25) is 0 Å². The van der Waals surface area contributed by atoms with Crippen molar-refractivity contribution in [2.45, 2.75) is 51.5 Å². The van der Waals surface area contributed by atoms with E-state index in [-0.39, 0.29) is 43.1 Å². The SMILES string of the molecule is CC/C(=C(\c1ccc(O)cc1)c1ccc(OCCN(C)C(=O)CCOCCOCCCc2cccc3c2C(=O)N(C2CCC(=O)NC2=O)C3=O)cc1)c1ccccc1. The quantitative estimate of drug-likeness (QED) is 0.0657. The van der Waals surface area contributed by atoms with Crippen molar-refractivity contribution in [1.29, 1.82) is 0 Å². The summed E-state index contributed by atoms with van der Waals surface area (Å²) in [6, 6.07) is 29.6. The van der Waals surface area contributed by atoms with Crippen molar-refractivity contribution < 1.29 is 43.3 Å². The van der Waals surface area contributed by atoms with Crippen molar-refractivity contribution in [3.8, 4) is 11.5 Å². The normalized spacial score (nSPS) is 15.6. The maximum atomic E-state index is 13.3. The highest BCUT2D eigenvalue weighted by Gasteiger charge is 2.45. The van der Waals surface area contributed by atoms with Crippen LogP contribution in [0.4, 0.5) is 0 Å². The Balaban J connectivity index is 0.879. The van der Waals surface area contributed by atoms with Crippen molar-refractivity contribution in [2.24, 2.45) is 0 Å². The van der Waals surface area contributed by atoms with Gasteiger partial charge in [-0.25, -0.2) is 0 Å². The molecule has 12 nitrogen and oxygen atoms in total. The molecule has 1 unspecified atom stereocenters. The molecule has 1 atom stereocenters. The van der Waals surface area contributed by atoms with Gasteiger partial charge in [0.2, 0.25) is 17.7 Å². The van der Waals surface area contributed by atoms with Gasteiger partial charge in [0.1, 0.15) is 24.1 Å². The highest BCUT2D eigenvalue weighted by Crippen LogP contribution is 2.36. The first-order chi connectivity index (χ1) is 28.2. The number of fused-ring (bicyclic) bond motifs is 1. The number of nitrogens with one attached hydrogen (secondary N) is 1. The summed E-state index contributed by atoms with van der Waals surface area (Å²) in [5.41, 5.74) is 6.74. The van der Waals surface area contributed by atoms with Gasteiger partial charge in [-0.1, -0.05) is 73.7 Å². The Morgan fingerprint density at radius 1 is 0.793 bits per heavy atom. The average molecular weight is 788 g/mol. The number of imide groups is 2. The van der Waals surface area contributed by atoms with Crippen molar-refractivity contribution in [3.05, 3.63) is 130 Å². The van der Waals surface area contributed by atoms with Crippen LogP contribution >= 0.6 is 0 Å². The third-order valence-corrected chi connectivity index (χ3v) is 10.3. The number of likely N-dealkylation sites (N-methyl/N-ethyl adjacent to an activating group) is 1. The summed E-state index contributed by atoms with van der Waals surface area (Å²) in [6.45, 7) is 4.19. The van der Waals surface area contributed by atoms with Crippen LogP contribution in [0.25, 0.3) is 11.1 Å².